The van der Waals surface area contributed by atoms with E-state index in [2.05, 4.69) is 5.32 Å². The zero-order chi connectivity index (χ0) is 27.8. The SMILES string of the molecule is CC.CN1CC(=O)N2C(CCC(=O)O)C(=O)N(CCc3cccs3)C[C@@H]2N1C(=O)NCc1ccc(F)cc1. The molecule has 0 bridgehead atoms. The number of likely N-dealkylation sites (N-methyl/N-ethyl adjacent to an activating group) is 1. The summed E-state index contributed by atoms with van der Waals surface area (Å²) in [5.41, 5.74) is 0.702. The van der Waals surface area contributed by atoms with Crippen molar-refractivity contribution in [3.8, 4) is 0 Å². The quantitative estimate of drug-likeness (QED) is 0.526. The van der Waals surface area contributed by atoms with Crippen LogP contribution in [0.15, 0.2) is 41.8 Å². The number of amides is 4. The molecule has 12 heteroatoms. The number of hydrogen-bond donors (Lipinski definition) is 2. The van der Waals surface area contributed by atoms with Gasteiger partial charge in [0.05, 0.1) is 13.1 Å². The van der Waals surface area contributed by atoms with Crippen LogP contribution >= 0.6 is 11.3 Å². The molecule has 2 aliphatic rings. The number of carboxylic acids is 1. The Morgan fingerprint density at radius 2 is 1.87 bits per heavy atom. The Kier molecular flexibility index (Phi) is 10.2. The van der Waals surface area contributed by atoms with E-state index in [-0.39, 0.29) is 50.1 Å². The monoisotopic (exact) mass is 547 g/mol. The zero-order valence-electron chi connectivity index (χ0n) is 21.8. The van der Waals surface area contributed by atoms with E-state index in [0.29, 0.717) is 18.5 Å². The highest BCUT2D eigenvalue weighted by Gasteiger charge is 2.50. The first-order valence-electron chi connectivity index (χ1n) is 12.6. The van der Waals surface area contributed by atoms with E-state index in [9.17, 15) is 28.7 Å². The number of halogens is 1. The van der Waals surface area contributed by atoms with Crippen molar-refractivity contribution in [3.63, 3.8) is 0 Å². The van der Waals surface area contributed by atoms with Crippen LogP contribution < -0.4 is 5.32 Å². The molecule has 2 saturated heterocycles. The standard InChI is InChI=1S/C24H28FN5O5S.C2H6/c1-27-15-21(31)29-19(8-9-22(32)33)23(34)28(11-10-18-3-2-12-36-18)14-20(29)30(27)24(35)26-13-16-4-6-17(25)7-5-16;1-2/h2-7,12,19-20H,8-11,13-15H2,1H3,(H,26,35)(H,32,33);1-2H3/t19?,20-;/m0./s1. The van der Waals surface area contributed by atoms with Crippen LogP contribution in [0.2, 0.25) is 0 Å². The summed E-state index contributed by atoms with van der Waals surface area (Å²) < 4.78 is 13.2. The normalized spacial score (nSPS) is 19.5. The van der Waals surface area contributed by atoms with Crippen LogP contribution in [0.1, 0.15) is 37.1 Å². The Hall–Kier alpha value is -3.51. The summed E-state index contributed by atoms with van der Waals surface area (Å²) in [5.74, 6) is -2.09. The summed E-state index contributed by atoms with van der Waals surface area (Å²) in [7, 11) is 1.62. The molecule has 4 amide bonds. The molecule has 10 nitrogen and oxygen atoms in total. The number of benzene rings is 1. The van der Waals surface area contributed by atoms with Crippen LogP contribution in [-0.2, 0) is 27.3 Å². The van der Waals surface area contributed by atoms with E-state index in [1.807, 2.05) is 31.4 Å². The molecule has 1 aromatic heterocycles. The highest BCUT2D eigenvalue weighted by molar-refractivity contribution is 7.09. The van der Waals surface area contributed by atoms with Gasteiger partial charge in [0.1, 0.15) is 18.0 Å². The molecule has 3 heterocycles. The van der Waals surface area contributed by atoms with Crippen LogP contribution in [0.5, 0.6) is 0 Å². The number of nitrogens with zero attached hydrogens (tertiary/aromatic N) is 4. The van der Waals surface area contributed by atoms with Gasteiger partial charge >= 0.3 is 12.0 Å². The third-order valence-corrected chi connectivity index (χ3v) is 7.28. The van der Waals surface area contributed by atoms with E-state index in [1.165, 1.54) is 27.1 Å². The van der Waals surface area contributed by atoms with Crippen molar-refractivity contribution in [2.75, 3.05) is 26.7 Å². The molecule has 0 saturated carbocycles. The predicted octanol–water partition coefficient (Wildman–Crippen LogP) is 2.76. The first kappa shape index (κ1) is 29.1. The number of nitrogens with one attached hydrogen (secondary N) is 1. The molecular formula is C26H34FN5O5S. The molecule has 0 spiro atoms. The average Bonchev–Trinajstić information content (AvgIpc) is 3.41. The van der Waals surface area contributed by atoms with Gasteiger partial charge < -0.3 is 20.2 Å². The highest BCUT2D eigenvalue weighted by Crippen LogP contribution is 2.28. The van der Waals surface area contributed by atoms with Crippen LogP contribution in [0.3, 0.4) is 0 Å². The van der Waals surface area contributed by atoms with Crippen molar-refractivity contribution >= 4 is 35.2 Å². The van der Waals surface area contributed by atoms with Gasteiger partial charge in [0, 0.05) is 31.4 Å². The second-order valence-corrected chi connectivity index (χ2v) is 9.82. The number of hydrogen-bond acceptors (Lipinski definition) is 6. The largest absolute Gasteiger partial charge is 0.481 e. The lowest BCUT2D eigenvalue weighted by molar-refractivity contribution is -0.187. The molecule has 2 atom stereocenters. The molecule has 1 aromatic carbocycles. The van der Waals surface area contributed by atoms with Crippen molar-refractivity contribution < 1.29 is 28.7 Å². The van der Waals surface area contributed by atoms with E-state index in [1.54, 1.807) is 35.4 Å². The molecule has 2 aromatic rings. The number of piperazine rings is 1. The summed E-state index contributed by atoms with van der Waals surface area (Å²) in [6.07, 6.45) is -0.495. The second kappa shape index (κ2) is 13.3. The maximum absolute atomic E-state index is 13.4. The summed E-state index contributed by atoms with van der Waals surface area (Å²) in [6.45, 7) is 4.50. The van der Waals surface area contributed by atoms with Crippen molar-refractivity contribution in [1.82, 2.24) is 25.1 Å². The number of carbonyl (C=O) groups excluding carboxylic acids is 3. The topological polar surface area (TPSA) is 114 Å². The predicted molar refractivity (Wildman–Crippen MR) is 140 cm³/mol. The number of carboxylic acid groups (broad SMARTS) is 1. The lowest BCUT2D eigenvalue weighted by Crippen LogP contribution is -2.76. The first-order chi connectivity index (χ1) is 18.2. The molecule has 4 rings (SSSR count). The molecule has 38 heavy (non-hydrogen) atoms. The Balaban J connectivity index is 0.00000195. The highest BCUT2D eigenvalue weighted by atomic mass is 32.1. The fraction of sp³-hybridized carbons (Fsp3) is 0.462. The minimum absolute atomic E-state index is 0.0410. The summed E-state index contributed by atoms with van der Waals surface area (Å²) in [4.78, 5) is 55.1. The second-order valence-electron chi connectivity index (χ2n) is 8.79. The van der Waals surface area contributed by atoms with Gasteiger partial charge in [-0.05, 0) is 42.0 Å². The fourth-order valence-corrected chi connectivity index (χ4v) is 5.30. The number of rotatable bonds is 8. The van der Waals surface area contributed by atoms with Gasteiger partial charge in [0.2, 0.25) is 11.8 Å². The van der Waals surface area contributed by atoms with E-state index in [4.69, 9.17) is 0 Å². The lowest BCUT2D eigenvalue weighted by Gasteiger charge is -2.54. The molecule has 1 unspecified atom stereocenters. The van der Waals surface area contributed by atoms with Crippen LogP contribution in [0.25, 0.3) is 0 Å². The lowest BCUT2D eigenvalue weighted by atomic mass is 10.0. The van der Waals surface area contributed by atoms with Gasteiger partial charge in [-0.25, -0.2) is 19.2 Å². The molecule has 2 aliphatic heterocycles. The zero-order valence-corrected chi connectivity index (χ0v) is 22.6. The average molecular weight is 548 g/mol. The molecule has 2 fully saturated rings. The molecular weight excluding hydrogens is 513 g/mol. The Morgan fingerprint density at radius 1 is 1.16 bits per heavy atom. The third-order valence-electron chi connectivity index (χ3n) is 6.34. The smallest absolute Gasteiger partial charge is 0.334 e. The van der Waals surface area contributed by atoms with Gasteiger partial charge in [-0.15, -0.1) is 11.3 Å². The minimum atomic E-state index is -1.06. The number of aliphatic carboxylic acids is 1. The Morgan fingerprint density at radius 3 is 2.50 bits per heavy atom. The maximum Gasteiger partial charge on any atom is 0.334 e. The number of hydrazine groups is 1. The minimum Gasteiger partial charge on any atom is -0.481 e. The van der Waals surface area contributed by atoms with Gasteiger partial charge in [-0.3, -0.25) is 14.4 Å². The van der Waals surface area contributed by atoms with Gasteiger partial charge in [-0.1, -0.05) is 32.0 Å². The van der Waals surface area contributed by atoms with Crippen molar-refractivity contribution in [3.05, 3.63) is 58.0 Å². The van der Waals surface area contributed by atoms with Gasteiger partial charge in [0.25, 0.3) is 0 Å². The summed E-state index contributed by atoms with van der Waals surface area (Å²) in [5, 5.41) is 16.9. The van der Waals surface area contributed by atoms with Crippen molar-refractivity contribution in [2.45, 2.75) is 51.9 Å². The maximum atomic E-state index is 13.4. The summed E-state index contributed by atoms with van der Waals surface area (Å²) >= 11 is 1.58. The molecule has 206 valence electrons. The number of carbonyl (C=O) groups is 4. The van der Waals surface area contributed by atoms with Crippen molar-refractivity contribution in [1.29, 1.82) is 0 Å². The number of fused-ring (bicyclic) bond motifs is 1. The summed E-state index contributed by atoms with van der Waals surface area (Å²) in [6, 6.07) is 8.20. The Bertz CT molecular complexity index is 1110. The van der Waals surface area contributed by atoms with E-state index >= 15 is 0 Å². The van der Waals surface area contributed by atoms with Crippen LogP contribution in [0, 0.1) is 5.82 Å². The van der Waals surface area contributed by atoms with Crippen LogP contribution in [0.4, 0.5) is 9.18 Å². The van der Waals surface area contributed by atoms with Crippen LogP contribution in [-0.4, -0.2) is 87.6 Å². The fourth-order valence-electron chi connectivity index (χ4n) is 4.60. The number of urea groups is 1. The molecule has 0 radical (unpaired) electrons. The Labute approximate surface area is 225 Å². The molecule has 2 N–H and O–H groups in total. The van der Waals surface area contributed by atoms with Gasteiger partial charge in [-0.2, -0.15) is 0 Å². The van der Waals surface area contributed by atoms with E-state index < -0.39 is 24.2 Å². The number of thiophene rings is 1. The molecule has 0 aliphatic carbocycles. The van der Waals surface area contributed by atoms with Crippen molar-refractivity contribution in [2.24, 2.45) is 0 Å². The first-order valence-corrected chi connectivity index (χ1v) is 13.5. The third kappa shape index (κ3) is 6.87. The van der Waals surface area contributed by atoms with Gasteiger partial charge in [0.15, 0.2) is 0 Å². The van der Waals surface area contributed by atoms with E-state index in [0.717, 1.165) is 4.88 Å².